The van der Waals surface area contributed by atoms with Crippen molar-refractivity contribution in [1.29, 1.82) is 15.8 Å². The third-order valence-electron chi connectivity index (χ3n) is 18.7. The van der Waals surface area contributed by atoms with Crippen LogP contribution in [0.4, 0.5) is 26.3 Å². The Balaban J connectivity index is 0.000000162. The summed E-state index contributed by atoms with van der Waals surface area (Å²) in [4.78, 5) is 18.3. The van der Waals surface area contributed by atoms with Crippen LogP contribution in [0.2, 0.25) is 0 Å². The monoisotopic (exact) mass is 1600 g/mol. The summed E-state index contributed by atoms with van der Waals surface area (Å²) < 4.78 is 101. The first-order valence-electron chi connectivity index (χ1n) is 37.3. The van der Waals surface area contributed by atoms with Crippen molar-refractivity contribution in [3.8, 4) is 68.8 Å². The number of aliphatic hydroxyl groups is 3. The van der Waals surface area contributed by atoms with Crippen LogP contribution in [-0.4, -0.2) is 145 Å². The molecule has 15 rings (SSSR count). The fourth-order valence-corrected chi connectivity index (χ4v) is 13.2. The zero-order chi connectivity index (χ0) is 81.7. The van der Waals surface area contributed by atoms with Gasteiger partial charge >= 0.3 is 0 Å². The average molecular weight is 1600 g/mol. The highest BCUT2D eigenvalue weighted by Crippen LogP contribution is 2.37. The molecule has 21 nitrogen and oxygen atoms in total. The molecule has 0 radical (unpaired) electrons. The quantitative estimate of drug-likeness (QED) is 0.0516. The lowest BCUT2D eigenvalue weighted by atomic mass is 10.0. The zero-order valence-corrected chi connectivity index (χ0v) is 65.7. The molecule has 0 amide bonds. The molecule has 12 heterocycles. The Hall–Kier alpha value is -12.1. The van der Waals surface area contributed by atoms with Crippen LogP contribution in [0.25, 0.3) is 66.7 Å². The van der Waals surface area contributed by atoms with E-state index in [9.17, 15) is 57.4 Å². The third kappa shape index (κ3) is 22.5. The molecular formula is C88H86ClF6N15O6. The van der Waals surface area contributed by atoms with Crippen LogP contribution < -0.4 is 19.5 Å². The number of nitrogens with one attached hydrogen (secondary N) is 1. The van der Waals surface area contributed by atoms with Gasteiger partial charge in [0.2, 0.25) is 0 Å². The molecular weight excluding hydrogens is 1510 g/mol. The van der Waals surface area contributed by atoms with Crippen LogP contribution in [0.15, 0.2) is 183 Å². The van der Waals surface area contributed by atoms with E-state index < -0.39 is 51.7 Å². The van der Waals surface area contributed by atoms with Gasteiger partial charge in [-0.3, -0.25) is 24.8 Å². The number of aryl methyl sites for hydroxylation is 1. The van der Waals surface area contributed by atoms with Crippen molar-refractivity contribution < 1.29 is 55.9 Å². The van der Waals surface area contributed by atoms with E-state index in [4.69, 9.17) is 24.2 Å². The Morgan fingerprint density at radius 1 is 0.431 bits per heavy atom. The summed E-state index contributed by atoms with van der Waals surface area (Å²) in [7, 11) is 0. The van der Waals surface area contributed by atoms with E-state index in [0.717, 1.165) is 125 Å². The summed E-state index contributed by atoms with van der Waals surface area (Å²) in [6, 6.07) is 34.7. The topological polar surface area (TPSA) is 269 Å². The molecule has 0 bridgehead atoms. The molecule has 28 heteroatoms. The van der Waals surface area contributed by atoms with E-state index in [0.29, 0.717) is 99.8 Å². The number of nitrogens with zero attached hydrogens (tertiary/aromatic N) is 14. The largest absolute Gasteiger partial charge is 0.489 e. The maximum atomic E-state index is 13.5. The van der Waals surface area contributed by atoms with Crippen molar-refractivity contribution >= 4 is 45.7 Å². The Bertz CT molecular complexity index is 5440. The highest BCUT2D eigenvalue weighted by Gasteiger charge is 2.24. The molecule has 0 atom stereocenters. The maximum absolute atomic E-state index is 13.5. The van der Waals surface area contributed by atoms with Gasteiger partial charge < -0.3 is 34.8 Å². The fourth-order valence-electron chi connectivity index (χ4n) is 13.2. The predicted octanol–water partition coefficient (Wildman–Crippen LogP) is 15.7. The summed E-state index contributed by atoms with van der Waals surface area (Å²) in [5.74, 6) is -1.69. The highest BCUT2D eigenvalue weighted by molar-refractivity contribution is 5.88. The van der Waals surface area contributed by atoms with E-state index in [1.807, 2.05) is 67.7 Å². The second-order valence-corrected chi connectivity index (χ2v) is 30.1. The SMILES string of the molecule is CC(C)(O)COc1cc(-c2ccc(C3=CCN(Cc4cc(F)cc(F)c4)CC3)nc2)c2c(C#N)cnn2c1.CC(C)(O)COc1cc(-c2ccc(C3=CCN(Cc4cc(F)cc(F)c4)CC3)nc2)c2c(C#N)cnn2c1.CC(C)(O)COc1cc(-c2ccc(C3=CCNCC3)nc2)c2c(C#N)cnn2c1.CCc1cc(F)cc(F)c1.Cl. The number of hydrogen-bond donors (Lipinski definition) is 4. The number of nitriles is 3. The van der Waals surface area contributed by atoms with Gasteiger partial charge in [0.25, 0.3) is 0 Å². The molecule has 0 unspecified atom stereocenters. The van der Waals surface area contributed by atoms with E-state index >= 15 is 0 Å². The standard InChI is InChI=1S/2C29H27F2N5O2.C22H23N5O2.C8H8F2.ClH/c2*1-29(2,37)18-38-25-12-26(28-22(13-32)15-34-36(28)17-25)21-3-4-27(33-14-21)20-5-7-35(8-6-20)16-19-9-23(30)11-24(31)10-19;1-22(2,28)14-29-18-9-19(21-17(10-23)12-26-27(21)13-18)16-3-4-20(25-11-16)15-5-7-24-8-6-15;1-2-6-3-7(9)5-8(10)4-6;/h2*3-5,9-12,14-15,17,37H,6-8,16,18H2,1-2H3;3-5,9,11-13,24,28H,6-8,14H2,1-2H3;3-5H,2H2,1H3;1H. The van der Waals surface area contributed by atoms with Gasteiger partial charge in [-0.2, -0.15) is 31.1 Å². The van der Waals surface area contributed by atoms with E-state index in [2.05, 4.69) is 71.8 Å². The summed E-state index contributed by atoms with van der Waals surface area (Å²) in [6.45, 7) is 17.8. The number of fused-ring (bicyclic) bond motifs is 3. The molecule has 0 fully saturated rings. The van der Waals surface area contributed by atoms with Gasteiger partial charge in [-0.25, -0.2) is 39.9 Å². The number of benzene rings is 3. The number of ether oxygens (including phenoxy) is 3. The van der Waals surface area contributed by atoms with Crippen LogP contribution in [0.5, 0.6) is 17.2 Å². The van der Waals surface area contributed by atoms with E-state index in [1.165, 1.54) is 54.4 Å². The molecule has 0 saturated carbocycles. The molecule has 4 N–H and O–H groups in total. The number of pyridine rings is 6. The van der Waals surface area contributed by atoms with Gasteiger partial charge in [-0.15, -0.1) is 12.4 Å². The first kappa shape index (κ1) is 84.8. The van der Waals surface area contributed by atoms with Crippen molar-refractivity contribution in [3.05, 3.63) is 269 Å². The first-order valence-corrected chi connectivity index (χ1v) is 37.3. The molecule has 9 aromatic heterocycles. The zero-order valence-electron chi connectivity index (χ0n) is 64.9. The van der Waals surface area contributed by atoms with Gasteiger partial charge in [0.05, 0.1) is 104 Å². The second kappa shape index (κ2) is 37.5. The predicted molar refractivity (Wildman–Crippen MR) is 432 cm³/mol. The number of hydrogen-bond acceptors (Lipinski definition) is 18. The minimum atomic E-state index is -1.00. The lowest BCUT2D eigenvalue weighted by molar-refractivity contribution is 0.0280. The van der Waals surface area contributed by atoms with E-state index in [-0.39, 0.29) is 32.2 Å². The lowest BCUT2D eigenvalue weighted by Crippen LogP contribution is -2.28. The average Bonchev–Trinajstić information content (AvgIpc) is 1.59. The first-order chi connectivity index (χ1) is 55.0. The normalized spacial score (nSPS) is 13.9. The summed E-state index contributed by atoms with van der Waals surface area (Å²) >= 11 is 0. The van der Waals surface area contributed by atoms with E-state index in [1.54, 1.807) is 92.3 Å². The van der Waals surface area contributed by atoms with Gasteiger partial charge in [-0.05, 0) is 180 Å². The van der Waals surface area contributed by atoms with Crippen molar-refractivity contribution in [2.75, 3.05) is 59.1 Å². The molecule has 0 aliphatic carbocycles. The van der Waals surface area contributed by atoms with Crippen molar-refractivity contribution in [1.82, 2.24) is 58.9 Å². The smallest absolute Gasteiger partial charge is 0.138 e. The van der Waals surface area contributed by atoms with Crippen LogP contribution in [0.3, 0.4) is 0 Å². The molecule has 12 aromatic rings. The van der Waals surface area contributed by atoms with Crippen molar-refractivity contribution in [2.45, 2.75) is 104 Å². The second-order valence-electron chi connectivity index (χ2n) is 30.1. The molecule has 3 aliphatic heterocycles. The van der Waals surface area contributed by atoms with Gasteiger partial charge in [0, 0.05) is 116 Å². The number of rotatable bonds is 20. The minimum Gasteiger partial charge on any atom is -0.489 e. The van der Waals surface area contributed by atoms with Gasteiger partial charge in [-0.1, -0.05) is 43.4 Å². The Morgan fingerprint density at radius 3 is 1.01 bits per heavy atom. The molecule has 0 spiro atoms. The number of halogens is 7. The Labute approximate surface area is 673 Å². The summed E-state index contributed by atoms with van der Waals surface area (Å²) in [5, 5.41) is 74.9. The fraction of sp³-hybridized carbons (Fsp3) is 0.284. The maximum Gasteiger partial charge on any atom is 0.138 e. The lowest BCUT2D eigenvalue weighted by Gasteiger charge is -2.26. The Kier molecular flexibility index (Phi) is 27.4. The molecule has 0 saturated heterocycles. The molecule has 3 aliphatic rings. The summed E-state index contributed by atoms with van der Waals surface area (Å²) in [6.07, 6.45) is 24.5. The summed E-state index contributed by atoms with van der Waals surface area (Å²) in [5.41, 5.74) is 13.2. The third-order valence-corrected chi connectivity index (χ3v) is 18.7. The van der Waals surface area contributed by atoms with Gasteiger partial charge in [0.1, 0.15) is 90.2 Å². The molecule has 598 valence electrons. The van der Waals surface area contributed by atoms with Crippen molar-refractivity contribution in [3.63, 3.8) is 0 Å². The van der Waals surface area contributed by atoms with Gasteiger partial charge in [0.15, 0.2) is 0 Å². The Morgan fingerprint density at radius 2 is 0.750 bits per heavy atom. The van der Waals surface area contributed by atoms with Crippen LogP contribution in [0.1, 0.15) is 118 Å². The van der Waals surface area contributed by atoms with Crippen LogP contribution in [0, 0.1) is 68.9 Å². The highest BCUT2D eigenvalue weighted by atomic mass is 35.5. The molecule has 3 aromatic carbocycles. The minimum absolute atomic E-state index is 0. The van der Waals surface area contributed by atoms with Crippen LogP contribution in [-0.2, 0) is 19.5 Å². The number of aromatic nitrogens is 9. The van der Waals surface area contributed by atoms with Crippen molar-refractivity contribution in [2.24, 2.45) is 0 Å². The van der Waals surface area contributed by atoms with Crippen LogP contribution >= 0.6 is 12.4 Å². The molecule has 116 heavy (non-hydrogen) atoms.